The van der Waals surface area contributed by atoms with E-state index in [1.165, 1.54) is 32.1 Å². The van der Waals surface area contributed by atoms with Crippen molar-refractivity contribution < 1.29 is 0 Å². The number of hydrogen-bond acceptors (Lipinski definition) is 2. The van der Waals surface area contributed by atoms with Gasteiger partial charge >= 0.3 is 0 Å². The Balaban J connectivity index is 2.13. The lowest BCUT2D eigenvalue weighted by molar-refractivity contribution is 0.346. The Morgan fingerprint density at radius 2 is 2.18 bits per heavy atom. The van der Waals surface area contributed by atoms with Gasteiger partial charge in [0.1, 0.15) is 0 Å². The minimum absolute atomic E-state index is 0.217. The largest absolute Gasteiger partial charge is 0.350 e. The molecule has 1 aromatic rings. The smallest absolute Gasteiger partial charge is 0.203 e. The van der Waals surface area contributed by atoms with E-state index in [0.29, 0.717) is 0 Å². The van der Waals surface area contributed by atoms with Crippen LogP contribution in [0.3, 0.4) is 0 Å². The summed E-state index contributed by atoms with van der Waals surface area (Å²) < 4.78 is 2.14. The molecular weight excluding hydrogens is 210 g/mol. The summed E-state index contributed by atoms with van der Waals surface area (Å²) in [5.41, 5.74) is 1.28. The lowest BCUT2D eigenvalue weighted by Gasteiger charge is -2.35. The van der Waals surface area contributed by atoms with Crippen LogP contribution in [0.2, 0.25) is 0 Å². The van der Waals surface area contributed by atoms with Crippen LogP contribution in [0.1, 0.15) is 44.7 Å². The molecule has 0 atom stereocenters. The lowest BCUT2D eigenvalue weighted by atomic mass is 9.83. The quantitative estimate of drug-likeness (QED) is 0.806. The molecule has 0 radical (unpaired) electrons. The van der Waals surface area contributed by atoms with E-state index in [2.05, 4.69) is 34.6 Å². The van der Waals surface area contributed by atoms with Crippen LogP contribution in [0.5, 0.6) is 0 Å². The zero-order valence-corrected chi connectivity index (χ0v) is 11.0. The highest BCUT2D eigenvalue weighted by atomic mass is 15.2. The van der Waals surface area contributed by atoms with E-state index in [9.17, 15) is 0 Å². The first-order chi connectivity index (χ1) is 8.13. The van der Waals surface area contributed by atoms with E-state index in [-0.39, 0.29) is 5.54 Å². The van der Waals surface area contributed by atoms with Crippen molar-refractivity contribution in [2.24, 2.45) is 0 Å². The molecule has 2 rings (SSSR count). The predicted octanol–water partition coefficient (Wildman–Crippen LogP) is 3.51. The molecule has 1 aromatic heterocycles. The van der Waals surface area contributed by atoms with Crippen molar-refractivity contribution in [3.05, 3.63) is 24.5 Å². The average Bonchev–Trinajstić information content (AvgIpc) is 2.60. The molecule has 1 aliphatic carbocycles. The molecule has 17 heavy (non-hydrogen) atoms. The summed E-state index contributed by atoms with van der Waals surface area (Å²) in [6.45, 7) is 8.96. The first kappa shape index (κ1) is 12.2. The molecule has 0 spiro atoms. The minimum Gasteiger partial charge on any atom is -0.350 e. The van der Waals surface area contributed by atoms with Gasteiger partial charge in [-0.3, -0.25) is 0 Å². The SMILES string of the molecule is C=CCn1cc(C)nc1NC1(C)CCCCC1. The highest BCUT2D eigenvalue weighted by molar-refractivity contribution is 5.33. The number of aromatic nitrogens is 2. The standard InChI is InChI=1S/C14H23N3/c1-4-10-17-11-12(2)15-13(17)16-14(3)8-6-5-7-9-14/h4,11H,1,5-10H2,2-3H3,(H,15,16). The molecule has 1 aliphatic rings. The normalized spacial score (nSPS) is 18.9. The highest BCUT2D eigenvalue weighted by Crippen LogP contribution is 2.30. The molecule has 0 bridgehead atoms. The number of nitrogens with one attached hydrogen (secondary N) is 1. The minimum atomic E-state index is 0.217. The van der Waals surface area contributed by atoms with E-state index < -0.39 is 0 Å². The Morgan fingerprint density at radius 1 is 1.47 bits per heavy atom. The maximum atomic E-state index is 4.57. The maximum absolute atomic E-state index is 4.57. The third-order valence-electron chi connectivity index (χ3n) is 3.59. The van der Waals surface area contributed by atoms with Gasteiger partial charge in [-0.15, -0.1) is 6.58 Å². The molecule has 94 valence electrons. The van der Waals surface area contributed by atoms with Crippen LogP contribution in [0.4, 0.5) is 5.95 Å². The number of nitrogens with zero attached hydrogens (tertiary/aromatic N) is 2. The van der Waals surface area contributed by atoms with Gasteiger partial charge in [0.05, 0.1) is 5.69 Å². The van der Waals surface area contributed by atoms with Gasteiger partial charge in [-0.05, 0) is 26.7 Å². The molecule has 0 aliphatic heterocycles. The Morgan fingerprint density at radius 3 is 2.82 bits per heavy atom. The van der Waals surface area contributed by atoms with E-state index in [0.717, 1.165) is 18.2 Å². The summed E-state index contributed by atoms with van der Waals surface area (Å²) in [7, 11) is 0. The molecule has 3 heteroatoms. The molecule has 1 saturated carbocycles. The summed E-state index contributed by atoms with van der Waals surface area (Å²) in [5, 5.41) is 3.64. The zero-order chi connectivity index (χ0) is 12.3. The number of hydrogen-bond donors (Lipinski definition) is 1. The first-order valence-corrected chi connectivity index (χ1v) is 6.56. The van der Waals surface area contributed by atoms with Crippen molar-refractivity contribution in [3.63, 3.8) is 0 Å². The molecule has 0 saturated heterocycles. The molecule has 1 fully saturated rings. The predicted molar refractivity (Wildman–Crippen MR) is 72.3 cm³/mol. The average molecular weight is 233 g/mol. The van der Waals surface area contributed by atoms with Gasteiger partial charge in [0.25, 0.3) is 0 Å². The summed E-state index contributed by atoms with van der Waals surface area (Å²) in [6.07, 6.45) is 10.5. The van der Waals surface area contributed by atoms with Crippen molar-refractivity contribution in [2.75, 3.05) is 5.32 Å². The highest BCUT2D eigenvalue weighted by Gasteiger charge is 2.27. The third kappa shape index (κ3) is 2.90. The van der Waals surface area contributed by atoms with E-state index in [4.69, 9.17) is 0 Å². The van der Waals surface area contributed by atoms with Gasteiger partial charge in [-0.25, -0.2) is 4.98 Å². The molecule has 1 heterocycles. The van der Waals surface area contributed by atoms with Crippen LogP contribution in [0.25, 0.3) is 0 Å². The van der Waals surface area contributed by atoms with Crippen molar-refractivity contribution in [2.45, 2.75) is 58.0 Å². The van der Waals surface area contributed by atoms with E-state index >= 15 is 0 Å². The molecular formula is C14H23N3. The Bertz CT molecular complexity index is 386. The van der Waals surface area contributed by atoms with E-state index in [1.807, 2.05) is 13.0 Å². The van der Waals surface area contributed by atoms with Crippen LogP contribution in [-0.2, 0) is 6.54 Å². The fourth-order valence-corrected chi connectivity index (χ4v) is 2.65. The summed E-state index contributed by atoms with van der Waals surface area (Å²) in [6, 6.07) is 0. The van der Waals surface area contributed by atoms with Gasteiger partial charge in [0.15, 0.2) is 0 Å². The van der Waals surface area contributed by atoms with Crippen LogP contribution in [-0.4, -0.2) is 15.1 Å². The van der Waals surface area contributed by atoms with Crippen LogP contribution >= 0.6 is 0 Å². The summed E-state index contributed by atoms with van der Waals surface area (Å²) in [5.74, 6) is 0.992. The topological polar surface area (TPSA) is 29.9 Å². The lowest BCUT2D eigenvalue weighted by Crippen LogP contribution is -2.37. The Hall–Kier alpha value is -1.25. The van der Waals surface area contributed by atoms with E-state index in [1.54, 1.807) is 0 Å². The van der Waals surface area contributed by atoms with Crippen LogP contribution in [0.15, 0.2) is 18.9 Å². The van der Waals surface area contributed by atoms with Gasteiger partial charge in [0, 0.05) is 18.3 Å². The molecule has 1 N–H and O–H groups in total. The van der Waals surface area contributed by atoms with Crippen LogP contribution in [0, 0.1) is 6.92 Å². The van der Waals surface area contributed by atoms with Gasteiger partial charge in [0.2, 0.25) is 5.95 Å². The summed E-state index contributed by atoms with van der Waals surface area (Å²) >= 11 is 0. The summed E-state index contributed by atoms with van der Waals surface area (Å²) in [4.78, 5) is 4.57. The van der Waals surface area contributed by atoms with Crippen molar-refractivity contribution in [1.82, 2.24) is 9.55 Å². The number of allylic oxidation sites excluding steroid dienone is 1. The number of imidazole rings is 1. The molecule has 3 nitrogen and oxygen atoms in total. The Kier molecular flexibility index (Phi) is 3.55. The second-order valence-electron chi connectivity index (χ2n) is 5.39. The monoisotopic (exact) mass is 233 g/mol. The number of aryl methyl sites for hydroxylation is 1. The van der Waals surface area contributed by atoms with Gasteiger partial charge in [-0.1, -0.05) is 25.3 Å². The second-order valence-corrected chi connectivity index (χ2v) is 5.39. The Labute approximate surface area is 104 Å². The third-order valence-corrected chi connectivity index (χ3v) is 3.59. The zero-order valence-electron chi connectivity index (χ0n) is 11.0. The number of rotatable bonds is 4. The molecule has 0 aromatic carbocycles. The fourth-order valence-electron chi connectivity index (χ4n) is 2.65. The van der Waals surface area contributed by atoms with Gasteiger partial charge in [-0.2, -0.15) is 0 Å². The first-order valence-electron chi connectivity index (χ1n) is 6.56. The van der Waals surface area contributed by atoms with Crippen LogP contribution < -0.4 is 5.32 Å². The molecule has 0 amide bonds. The maximum Gasteiger partial charge on any atom is 0.203 e. The van der Waals surface area contributed by atoms with Crippen molar-refractivity contribution in [1.29, 1.82) is 0 Å². The fraction of sp³-hybridized carbons (Fsp3) is 0.643. The van der Waals surface area contributed by atoms with Crippen molar-refractivity contribution >= 4 is 5.95 Å². The van der Waals surface area contributed by atoms with Crippen molar-refractivity contribution in [3.8, 4) is 0 Å². The molecule has 0 unspecified atom stereocenters. The number of anilines is 1. The van der Waals surface area contributed by atoms with Gasteiger partial charge < -0.3 is 9.88 Å². The second kappa shape index (κ2) is 4.94.